The summed E-state index contributed by atoms with van der Waals surface area (Å²) in [4.78, 5) is 24.6. The van der Waals surface area contributed by atoms with E-state index in [2.05, 4.69) is 67.8 Å². The van der Waals surface area contributed by atoms with Crippen LogP contribution in [0.4, 0.5) is 0 Å². The summed E-state index contributed by atoms with van der Waals surface area (Å²) in [6.07, 6.45) is 1.91. The Morgan fingerprint density at radius 1 is 1.19 bits per heavy atom. The van der Waals surface area contributed by atoms with Crippen LogP contribution in [0.2, 0.25) is 0 Å². The van der Waals surface area contributed by atoms with Crippen molar-refractivity contribution < 1.29 is 32.0 Å². The van der Waals surface area contributed by atoms with Crippen LogP contribution in [0.1, 0.15) is 36.0 Å². The van der Waals surface area contributed by atoms with Gasteiger partial charge in [0.25, 0.3) is 10.1 Å². The molecule has 0 amide bonds. The molecule has 2 unspecified atom stereocenters. The van der Waals surface area contributed by atoms with Crippen LogP contribution in [-0.2, 0) is 24.4 Å². The van der Waals surface area contributed by atoms with E-state index in [4.69, 9.17) is 14.0 Å². The van der Waals surface area contributed by atoms with Gasteiger partial charge in [0.15, 0.2) is 0 Å². The maximum absolute atomic E-state index is 12.6. The highest BCUT2D eigenvalue weighted by atomic mass is 127. The summed E-state index contributed by atoms with van der Waals surface area (Å²) in [5.41, 5.74) is 0.504. The third-order valence-electron chi connectivity index (χ3n) is 4.03. The fourth-order valence-electron chi connectivity index (χ4n) is 2.75. The summed E-state index contributed by atoms with van der Waals surface area (Å²) in [5.74, 6) is -2.03. The van der Waals surface area contributed by atoms with Crippen molar-refractivity contribution in [3.8, 4) is 0 Å². The zero-order valence-electron chi connectivity index (χ0n) is 14.0. The molecule has 27 heavy (non-hydrogen) atoms. The molecule has 0 heterocycles. The summed E-state index contributed by atoms with van der Waals surface area (Å²) < 4.78 is 43.3. The maximum atomic E-state index is 12.6. The molecule has 0 aliphatic heterocycles. The minimum absolute atomic E-state index is 0.341. The molecular weight excluding hydrogens is 717 g/mol. The Kier molecular flexibility index (Phi) is 9.01. The predicted octanol–water partition coefficient (Wildman–Crippen LogP) is 3.65. The standard InChI is InChI=1S/C16H17I3O7S/c17-10-7-12(14(19)13(18)8-10)16(21)26-11-3-1-2-9(6-11)15(20)25-4-5-27(22,23)24/h7-9,11H,1-6H2,(H,22,23,24). The molecule has 0 saturated heterocycles. The highest BCUT2D eigenvalue weighted by Crippen LogP contribution is 2.29. The van der Waals surface area contributed by atoms with Gasteiger partial charge < -0.3 is 9.47 Å². The van der Waals surface area contributed by atoms with E-state index in [1.807, 2.05) is 6.07 Å². The predicted molar refractivity (Wildman–Crippen MR) is 123 cm³/mol. The third-order valence-corrected chi connectivity index (χ3v) is 8.38. The van der Waals surface area contributed by atoms with Crippen molar-refractivity contribution >= 4 is 89.8 Å². The Bertz CT molecular complexity index is 826. The minimum atomic E-state index is -4.17. The van der Waals surface area contributed by atoms with Crippen LogP contribution in [0.15, 0.2) is 12.1 Å². The number of rotatable bonds is 6. The van der Waals surface area contributed by atoms with Gasteiger partial charge in [-0.05, 0) is 106 Å². The molecule has 2 atom stereocenters. The molecule has 7 nitrogen and oxygen atoms in total. The lowest BCUT2D eigenvalue weighted by atomic mass is 9.87. The van der Waals surface area contributed by atoms with Crippen molar-refractivity contribution in [1.29, 1.82) is 0 Å². The first-order valence-corrected chi connectivity index (χ1v) is 12.9. The van der Waals surface area contributed by atoms with E-state index in [0.717, 1.165) is 10.7 Å². The summed E-state index contributed by atoms with van der Waals surface area (Å²) in [7, 11) is -4.17. The van der Waals surface area contributed by atoms with Gasteiger partial charge in [0.05, 0.1) is 11.5 Å². The lowest BCUT2D eigenvalue weighted by Gasteiger charge is -2.27. The molecule has 150 valence electrons. The summed E-state index contributed by atoms with van der Waals surface area (Å²) in [6, 6.07) is 3.75. The van der Waals surface area contributed by atoms with Gasteiger partial charge in [-0.15, -0.1) is 0 Å². The van der Waals surface area contributed by atoms with Gasteiger partial charge in [0, 0.05) is 10.7 Å². The van der Waals surface area contributed by atoms with Crippen molar-refractivity contribution in [2.75, 3.05) is 12.4 Å². The average Bonchev–Trinajstić information content (AvgIpc) is 2.57. The largest absolute Gasteiger partial charge is 0.464 e. The topological polar surface area (TPSA) is 107 Å². The van der Waals surface area contributed by atoms with E-state index in [0.29, 0.717) is 31.2 Å². The van der Waals surface area contributed by atoms with Gasteiger partial charge in [-0.3, -0.25) is 9.35 Å². The van der Waals surface area contributed by atoms with Crippen molar-refractivity contribution in [2.24, 2.45) is 5.92 Å². The van der Waals surface area contributed by atoms with E-state index < -0.39 is 46.4 Å². The smallest absolute Gasteiger partial charge is 0.339 e. The number of benzene rings is 1. The van der Waals surface area contributed by atoms with Crippen molar-refractivity contribution in [3.63, 3.8) is 0 Å². The Morgan fingerprint density at radius 3 is 2.56 bits per heavy atom. The number of ether oxygens (including phenoxy) is 2. The van der Waals surface area contributed by atoms with Crippen LogP contribution in [0.3, 0.4) is 0 Å². The number of esters is 2. The number of carbonyl (C=O) groups is 2. The molecule has 1 aliphatic rings. The van der Waals surface area contributed by atoms with Crippen LogP contribution in [0, 0.1) is 16.6 Å². The normalized spacial score (nSPS) is 20.1. The second-order valence-corrected chi connectivity index (χ2v) is 11.2. The monoisotopic (exact) mass is 734 g/mol. The van der Waals surface area contributed by atoms with Gasteiger partial charge in [0.2, 0.25) is 0 Å². The molecule has 0 radical (unpaired) electrons. The Balaban J connectivity index is 1.94. The van der Waals surface area contributed by atoms with Crippen molar-refractivity contribution in [3.05, 3.63) is 28.4 Å². The molecule has 1 aromatic carbocycles. The molecule has 1 fully saturated rings. The molecule has 1 saturated carbocycles. The van der Waals surface area contributed by atoms with E-state index >= 15 is 0 Å². The lowest BCUT2D eigenvalue weighted by molar-refractivity contribution is -0.150. The molecule has 1 aliphatic carbocycles. The fraction of sp³-hybridized carbons (Fsp3) is 0.500. The second kappa shape index (κ2) is 10.3. The van der Waals surface area contributed by atoms with Crippen molar-refractivity contribution in [1.82, 2.24) is 0 Å². The van der Waals surface area contributed by atoms with Gasteiger partial charge in [-0.25, -0.2) is 4.79 Å². The SMILES string of the molecule is O=C(OC1CCCC(C(=O)OCCS(=O)(=O)O)C1)c1cc(I)cc(I)c1I. The number of carbonyl (C=O) groups excluding carboxylic acids is 2. The molecular formula is C16H17I3O7S. The van der Waals surface area contributed by atoms with Crippen LogP contribution >= 0.6 is 67.8 Å². The van der Waals surface area contributed by atoms with E-state index in [9.17, 15) is 18.0 Å². The highest BCUT2D eigenvalue weighted by Gasteiger charge is 2.31. The second-order valence-electron chi connectivity index (χ2n) is 6.09. The van der Waals surface area contributed by atoms with Crippen LogP contribution in [0.25, 0.3) is 0 Å². The first kappa shape index (κ1) is 23.5. The molecule has 0 aromatic heterocycles. The number of hydrogen-bond acceptors (Lipinski definition) is 6. The zero-order valence-corrected chi connectivity index (χ0v) is 21.3. The molecule has 1 N–H and O–H groups in total. The average molecular weight is 734 g/mol. The highest BCUT2D eigenvalue weighted by molar-refractivity contribution is 14.1. The van der Waals surface area contributed by atoms with Gasteiger partial charge >= 0.3 is 11.9 Å². The van der Waals surface area contributed by atoms with Crippen LogP contribution < -0.4 is 0 Å². The Labute approximate surface area is 198 Å². The Hall–Kier alpha value is 0.260. The van der Waals surface area contributed by atoms with E-state index in [1.54, 1.807) is 6.07 Å². The zero-order chi connectivity index (χ0) is 20.2. The summed E-state index contributed by atoms with van der Waals surface area (Å²) in [6.45, 7) is -0.391. The fourth-order valence-corrected chi connectivity index (χ4v) is 5.42. The van der Waals surface area contributed by atoms with Gasteiger partial charge in [-0.2, -0.15) is 8.42 Å². The summed E-state index contributed by atoms with van der Waals surface area (Å²) in [5, 5.41) is 0. The molecule has 11 heteroatoms. The van der Waals surface area contributed by atoms with Gasteiger partial charge in [0.1, 0.15) is 18.5 Å². The van der Waals surface area contributed by atoms with Crippen LogP contribution in [-0.4, -0.2) is 43.4 Å². The van der Waals surface area contributed by atoms with E-state index in [1.165, 1.54) is 0 Å². The molecule has 1 aromatic rings. The van der Waals surface area contributed by atoms with E-state index in [-0.39, 0.29) is 0 Å². The minimum Gasteiger partial charge on any atom is -0.464 e. The van der Waals surface area contributed by atoms with Crippen molar-refractivity contribution in [2.45, 2.75) is 31.8 Å². The third kappa shape index (κ3) is 7.54. The lowest BCUT2D eigenvalue weighted by Crippen LogP contribution is -2.31. The first-order chi connectivity index (χ1) is 12.6. The maximum Gasteiger partial charge on any atom is 0.339 e. The molecule has 2 rings (SSSR count). The van der Waals surface area contributed by atoms with Gasteiger partial charge in [-0.1, -0.05) is 0 Å². The number of halogens is 3. The Morgan fingerprint density at radius 2 is 1.89 bits per heavy atom. The molecule has 0 spiro atoms. The molecule has 0 bridgehead atoms. The quantitative estimate of drug-likeness (QED) is 0.206. The van der Waals surface area contributed by atoms with Crippen LogP contribution in [0.5, 0.6) is 0 Å². The first-order valence-electron chi connectivity index (χ1n) is 8.04. The number of hydrogen-bond donors (Lipinski definition) is 1. The summed E-state index contributed by atoms with van der Waals surface area (Å²) >= 11 is 6.42.